The topological polar surface area (TPSA) is 29.9 Å². The van der Waals surface area contributed by atoms with Gasteiger partial charge in [0.1, 0.15) is 11.8 Å². The van der Waals surface area contributed by atoms with Crippen molar-refractivity contribution in [1.82, 2.24) is 9.66 Å². The number of nitrogens with zero attached hydrogens (tertiary/aromatic N) is 2. The van der Waals surface area contributed by atoms with E-state index in [4.69, 9.17) is 0 Å². The highest BCUT2D eigenvalue weighted by atomic mass is 19.4. The number of hydrogen-bond acceptors (Lipinski definition) is 2. The van der Waals surface area contributed by atoms with Crippen molar-refractivity contribution in [3.05, 3.63) is 65.7 Å². The van der Waals surface area contributed by atoms with Crippen LogP contribution in [-0.4, -0.2) is 9.66 Å². The molecular weight excluding hydrogens is 298 g/mol. The molecule has 0 bridgehead atoms. The number of rotatable bonds is 3. The van der Waals surface area contributed by atoms with E-state index in [0.29, 0.717) is 6.54 Å². The van der Waals surface area contributed by atoms with Crippen molar-refractivity contribution in [2.24, 2.45) is 0 Å². The molecule has 0 aliphatic carbocycles. The van der Waals surface area contributed by atoms with Crippen LogP contribution in [0.1, 0.15) is 11.1 Å². The van der Waals surface area contributed by atoms with Crippen molar-refractivity contribution >= 4 is 11.0 Å². The Balaban J connectivity index is 1.91. The first-order valence-corrected chi connectivity index (χ1v) is 6.47. The molecule has 3 aromatic rings. The summed E-state index contributed by atoms with van der Waals surface area (Å²) in [7, 11) is 0. The number of aromatic nitrogens is 2. The summed E-state index contributed by atoms with van der Waals surface area (Å²) in [6, 6.07) is 11.3. The zero-order chi connectivity index (χ0) is 15.7. The largest absolute Gasteiger partial charge is 0.419 e. The fourth-order valence-electron chi connectivity index (χ4n) is 2.17. The van der Waals surface area contributed by atoms with E-state index in [2.05, 4.69) is 10.4 Å². The molecule has 1 N–H and O–H groups in total. The van der Waals surface area contributed by atoms with Crippen LogP contribution >= 0.6 is 0 Å². The molecule has 0 atom stereocenters. The first-order chi connectivity index (χ1) is 10.5. The predicted octanol–water partition coefficient (Wildman–Crippen LogP) is 3.94. The molecule has 3 rings (SSSR count). The third-order valence-electron chi connectivity index (χ3n) is 3.26. The van der Waals surface area contributed by atoms with Gasteiger partial charge in [0.2, 0.25) is 0 Å². The lowest BCUT2D eigenvalue weighted by Gasteiger charge is -2.10. The van der Waals surface area contributed by atoms with Crippen LogP contribution in [0.25, 0.3) is 11.0 Å². The lowest BCUT2D eigenvalue weighted by Crippen LogP contribution is -2.13. The van der Waals surface area contributed by atoms with Crippen LogP contribution in [0.15, 0.2) is 48.8 Å². The maximum atomic E-state index is 13.9. The molecule has 0 aliphatic heterocycles. The van der Waals surface area contributed by atoms with Crippen molar-refractivity contribution in [1.29, 1.82) is 0 Å². The lowest BCUT2D eigenvalue weighted by molar-refractivity contribution is -0.139. The SMILES string of the molecule is Fc1c(C(F)(F)F)ccc2c1ncn2NCc1ccccc1. The molecule has 1 aromatic heterocycles. The smallest absolute Gasteiger partial charge is 0.320 e. The number of fused-ring (bicyclic) bond motifs is 1. The molecule has 0 saturated carbocycles. The number of imidazole rings is 1. The van der Waals surface area contributed by atoms with Crippen LogP contribution in [0, 0.1) is 5.82 Å². The van der Waals surface area contributed by atoms with Gasteiger partial charge in [-0.3, -0.25) is 0 Å². The molecule has 0 saturated heterocycles. The molecule has 0 radical (unpaired) electrons. The van der Waals surface area contributed by atoms with Gasteiger partial charge in [0.05, 0.1) is 17.6 Å². The quantitative estimate of drug-likeness (QED) is 0.743. The van der Waals surface area contributed by atoms with Gasteiger partial charge in [0.15, 0.2) is 5.82 Å². The van der Waals surface area contributed by atoms with Crippen LogP contribution in [0.2, 0.25) is 0 Å². The highest BCUT2D eigenvalue weighted by molar-refractivity contribution is 5.77. The van der Waals surface area contributed by atoms with Gasteiger partial charge < -0.3 is 5.43 Å². The fraction of sp³-hybridized carbons (Fsp3) is 0.133. The Bertz CT molecular complexity index is 794. The molecule has 3 nitrogen and oxygen atoms in total. The molecular formula is C15H11F4N3. The Morgan fingerprint density at radius 3 is 2.45 bits per heavy atom. The number of nitrogens with one attached hydrogen (secondary N) is 1. The van der Waals surface area contributed by atoms with E-state index in [0.717, 1.165) is 11.6 Å². The highest BCUT2D eigenvalue weighted by Crippen LogP contribution is 2.33. The van der Waals surface area contributed by atoms with E-state index in [1.165, 1.54) is 17.1 Å². The molecule has 2 aromatic carbocycles. The van der Waals surface area contributed by atoms with Crippen LogP contribution in [0.3, 0.4) is 0 Å². The van der Waals surface area contributed by atoms with Crippen LogP contribution in [-0.2, 0) is 12.7 Å². The summed E-state index contributed by atoms with van der Waals surface area (Å²) in [5.41, 5.74) is 2.59. The first kappa shape index (κ1) is 14.4. The van der Waals surface area contributed by atoms with E-state index in [1.807, 2.05) is 30.3 Å². The minimum atomic E-state index is -4.74. The second-order valence-corrected chi connectivity index (χ2v) is 4.73. The van der Waals surface area contributed by atoms with Crippen LogP contribution in [0.4, 0.5) is 17.6 Å². The minimum Gasteiger partial charge on any atom is -0.320 e. The van der Waals surface area contributed by atoms with E-state index < -0.39 is 17.6 Å². The minimum absolute atomic E-state index is 0.251. The molecule has 22 heavy (non-hydrogen) atoms. The summed E-state index contributed by atoms with van der Waals surface area (Å²) in [4.78, 5) is 3.73. The first-order valence-electron chi connectivity index (χ1n) is 6.47. The maximum Gasteiger partial charge on any atom is 0.419 e. The number of alkyl halides is 3. The van der Waals surface area contributed by atoms with Gasteiger partial charge in [-0.15, -0.1) is 0 Å². The van der Waals surface area contributed by atoms with Gasteiger partial charge in [-0.25, -0.2) is 14.1 Å². The second kappa shape index (κ2) is 5.32. The molecule has 0 unspecified atom stereocenters. The van der Waals surface area contributed by atoms with E-state index in [-0.39, 0.29) is 11.0 Å². The van der Waals surface area contributed by atoms with Gasteiger partial charge in [-0.2, -0.15) is 13.2 Å². The summed E-state index contributed by atoms with van der Waals surface area (Å²) in [6.07, 6.45) is -3.48. The number of benzene rings is 2. The van der Waals surface area contributed by atoms with Gasteiger partial charge in [0, 0.05) is 0 Å². The normalized spacial score (nSPS) is 11.8. The zero-order valence-electron chi connectivity index (χ0n) is 11.2. The predicted molar refractivity (Wildman–Crippen MR) is 74.2 cm³/mol. The molecule has 0 aliphatic rings. The van der Waals surface area contributed by atoms with E-state index in [1.54, 1.807) is 0 Å². The van der Waals surface area contributed by atoms with Gasteiger partial charge in [0.25, 0.3) is 0 Å². The summed E-state index contributed by atoms with van der Waals surface area (Å²) >= 11 is 0. The average Bonchev–Trinajstić information content (AvgIpc) is 2.89. The van der Waals surface area contributed by atoms with E-state index in [9.17, 15) is 17.6 Å². The van der Waals surface area contributed by atoms with E-state index >= 15 is 0 Å². The fourth-order valence-corrected chi connectivity index (χ4v) is 2.17. The van der Waals surface area contributed by atoms with Crippen molar-refractivity contribution in [3.63, 3.8) is 0 Å². The molecule has 114 valence electrons. The second-order valence-electron chi connectivity index (χ2n) is 4.73. The van der Waals surface area contributed by atoms with Crippen molar-refractivity contribution in [2.45, 2.75) is 12.7 Å². The maximum absolute atomic E-state index is 13.9. The monoisotopic (exact) mass is 309 g/mol. The standard InChI is InChI=1S/C15H11F4N3/c16-13-11(15(17,18)19)6-7-12-14(13)20-9-22(12)21-8-10-4-2-1-3-5-10/h1-7,9,21H,8H2. The summed E-state index contributed by atoms with van der Waals surface area (Å²) in [5.74, 6) is -1.36. The van der Waals surface area contributed by atoms with Gasteiger partial charge in [-0.1, -0.05) is 30.3 Å². The van der Waals surface area contributed by atoms with Crippen molar-refractivity contribution in [3.8, 4) is 0 Å². The average molecular weight is 309 g/mol. The summed E-state index contributed by atoms with van der Waals surface area (Å²) < 4.78 is 53.3. The highest BCUT2D eigenvalue weighted by Gasteiger charge is 2.35. The number of hydrogen-bond donors (Lipinski definition) is 1. The molecule has 7 heteroatoms. The number of halogens is 4. The zero-order valence-corrected chi connectivity index (χ0v) is 11.2. The molecule has 1 heterocycles. The van der Waals surface area contributed by atoms with Crippen LogP contribution in [0.5, 0.6) is 0 Å². The van der Waals surface area contributed by atoms with Gasteiger partial charge in [-0.05, 0) is 17.7 Å². The Morgan fingerprint density at radius 1 is 1.05 bits per heavy atom. The van der Waals surface area contributed by atoms with Gasteiger partial charge >= 0.3 is 6.18 Å². The van der Waals surface area contributed by atoms with Crippen molar-refractivity contribution < 1.29 is 17.6 Å². The Hall–Kier alpha value is -2.57. The molecule has 0 spiro atoms. The molecule has 0 amide bonds. The third kappa shape index (κ3) is 2.61. The van der Waals surface area contributed by atoms with Crippen LogP contribution < -0.4 is 5.43 Å². The third-order valence-corrected chi connectivity index (χ3v) is 3.26. The Labute approximate surface area is 123 Å². The van der Waals surface area contributed by atoms with Crippen molar-refractivity contribution in [2.75, 3.05) is 5.43 Å². The Morgan fingerprint density at radius 2 is 1.77 bits per heavy atom. The Kier molecular flexibility index (Phi) is 3.48. The summed E-state index contributed by atoms with van der Waals surface area (Å²) in [5, 5.41) is 0. The molecule has 0 fully saturated rings. The lowest BCUT2D eigenvalue weighted by atomic mass is 10.2. The summed E-state index contributed by atoms with van der Waals surface area (Å²) in [6.45, 7) is 0.439.